The summed E-state index contributed by atoms with van der Waals surface area (Å²) in [6.07, 6.45) is 1.81. The van der Waals surface area contributed by atoms with E-state index in [1.165, 1.54) is 0 Å². The molecular weight excluding hydrogens is 238 g/mol. The Labute approximate surface area is 113 Å². The monoisotopic (exact) mass is 257 g/mol. The summed E-state index contributed by atoms with van der Waals surface area (Å²) in [5.74, 6) is 1.57. The second-order valence-corrected chi connectivity index (χ2v) is 4.28. The van der Waals surface area contributed by atoms with Crippen LogP contribution in [0.5, 0.6) is 0 Å². The predicted octanol–water partition coefficient (Wildman–Crippen LogP) is 2.25. The van der Waals surface area contributed by atoms with E-state index in [-0.39, 0.29) is 0 Å². The summed E-state index contributed by atoms with van der Waals surface area (Å²) in [7, 11) is 1.83. The molecule has 5 nitrogen and oxygen atoms in total. The number of hydrogen-bond donors (Lipinski definition) is 1. The highest BCUT2D eigenvalue weighted by Crippen LogP contribution is 2.16. The summed E-state index contributed by atoms with van der Waals surface area (Å²) in [5.41, 5.74) is 1.99. The van der Waals surface area contributed by atoms with Gasteiger partial charge < -0.3 is 10.2 Å². The molecule has 0 bridgehead atoms. The molecule has 2 heterocycles. The molecule has 2 aromatic heterocycles. The number of nitrogens with one attached hydrogen (secondary N) is 1. The highest BCUT2D eigenvalue weighted by atomic mass is 15.2. The van der Waals surface area contributed by atoms with Gasteiger partial charge in [-0.15, -0.1) is 0 Å². The maximum absolute atomic E-state index is 4.50. The first-order valence-electron chi connectivity index (χ1n) is 6.41. The van der Waals surface area contributed by atoms with Gasteiger partial charge in [0.1, 0.15) is 5.82 Å². The first-order chi connectivity index (χ1) is 9.22. The van der Waals surface area contributed by atoms with Crippen LogP contribution in [0.15, 0.2) is 30.5 Å². The molecule has 0 aliphatic rings. The average Bonchev–Trinajstić information content (AvgIpc) is 2.45. The van der Waals surface area contributed by atoms with Gasteiger partial charge in [0.15, 0.2) is 0 Å². The quantitative estimate of drug-likeness (QED) is 0.890. The number of aromatic nitrogens is 3. The minimum atomic E-state index is 0.648. The summed E-state index contributed by atoms with van der Waals surface area (Å²) in [6, 6.07) is 7.94. The van der Waals surface area contributed by atoms with Gasteiger partial charge in [-0.05, 0) is 26.0 Å². The van der Waals surface area contributed by atoms with E-state index in [0.29, 0.717) is 5.95 Å². The number of pyridine rings is 1. The molecular formula is C14H19N5. The van der Waals surface area contributed by atoms with Crippen LogP contribution in [0, 0.1) is 6.92 Å². The van der Waals surface area contributed by atoms with Crippen molar-refractivity contribution in [1.82, 2.24) is 15.0 Å². The number of hydrogen-bond acceptors (Lipinski definition) is 5. The van der Waals surface area contributed by atoms with E-state index in [0.717, 1.165) is 30.3 Å². The van der Waals surface area contributed by atoms with Crippen LogP contribution in [0.25, 0.3) is 0 Å². The lowest BCUT2D eigenvalue weighted by Crippen LogP contribution is -2.24. The summed E-state index contributed by atoms with van der Waals surface area (Å²) in [6.45, 7) is 5.70. The Bertz CT molecular complexity index is 527. The van der Waals surface area contributed by atoms with Gasteiger partial charge in [0, 0.05) is 31.5 Å². The van der Waals surface area contributed by atoms with E-state index in [4.69, 9.17) is 0 Å². The third kappa shape index (κ3) is 3.40. The first kappa shape index (κ1) is 13.3. The zero-order chi connectivity index (χ0) is 13.7. The molecule has 0 unspecified atom stereocenters. The number of anilines is 2. The molecule has 0 fully saturated rings. The molecule has 2 rings (SSSR count). The van der Waals surface area contributed by atoms with Crippen LogP contribution in [0.3, 0.4) is 0 Å². The second-order valence-electron chi connectivity index (χ2n) is 4.28. The van der Waals surface area contributed by atoms with Crippen LogP contribution in [-0.2, 0) is 6.54 Å². The van der Waals surface area contributed by atoms with Gasteiger partial charge in [-0.25, -0.2) is 4.98 Å². The molecule has 2 aromatic rings. The molecule has 0 saturated carbocycles. The molecule has 0 spiro atoms. The van der Waals surface area contributed by atoms with Crippen LogP contribution in [0.1, 0.15) is 18.3 Å². The summed E-state index contributed by atoms with van der Waals surface area (Å²) < 4.78 is 0. The fourth-order valence-corrected chi connectivity index (χ4v) is 1.87. The number of aryl methyl sites for hydroxylation is 1. The zero-order valence-corrected chi connectivity index (χ0v) is 11.6. The Balaban J connectivity index is 2.24. The Hall–Kier alpha value is -2.17. The van der Waals surface area contributed by atoms with E-state index in [9.17, 15) is 0 Å². The molecule has 19 heavy (non-hydrogen) atoms. The number of rotatable bonds is 5. The van der Waals surface area contributed by atoms with Crippen molar-refractivity contribution in [1.29, 1.82) is 0 Å². The van der Waals surface area contributed by atoms with Crippen LogP contribution < -0.4 is 10.2 Å². The van der Waals surface area contributed by atoms with Crippen LogP contribution in [0.4, 0.5) is 11.8 Å². The Morgan fingerprint density at radius 2 is 2.11 bits per heavy atom. The van der Waals surface area contributed by atoms with Crippen molar-refractivity contribution in [2.75, 3.05) is 23.8 Å². The predicted molar refractivity (Wildman–Crippen MR) is 77.3 cm³/mol. The zero-order valence-electron chi connectivity index (χ0n) is 11.6. The van der Waals surface area contributed by atoms with Crippen molar-refractivity contribution in [2.24, 2.45) is 0 Å². The molecule has 0 atom stereocenters. The molecule has 1 N–H and O–H groups in total. The van der Waals surface area contributed by atoms with Gasteiger partial charge in [-0.3, -0.25) is 4.98 Å². The van der Waals surface area contributed by atoms with Gasteiger partial charge in [0.25, 0.3) is 0 Å². The van der Waals surface area contributed by atoms with E-state index in [1.54, 1.807) is 0 Å². The van der Waals surface area contributed by atoms with Crippen molar-refractivity contribution >= 4 is 11.8 Å². The van der Waals surface area contributed by atoms with Crippen molar-refractivity contribution < 1.29 is 0 Å². The van der Waals surface area contributed by atoms with Gasteiger partial charge in [0.05, 0.1) is 12.2 Å². The SMILES string of the molecule is CCN(Cc1ccccn1)c1cc(C)nc(NC)n1. The van der Waals surface area contributed by atoms with Gasteiger partial charge >= 0.3 is 0 Å². The fraction of sp³-hybridized carbons (Fsp3) is 0.357. The Kier molecular flexibility index (Phi) is 4.28. The van der Waals surface area contributed by atoms with Gasteiger partial charge in [-0.1, -0.05) is 6.07 Å². The van der Waals surface area contributed by atoms with Gasteiger partial charge in [0.2, 0.25) is 5.95 Å². The third-order valence-corrected chi connectivity index (χ3v) is 2.85. The minimum Gasteiger partial charge on any atom is -0.357 e. The molecule has 0 radical (unpaired) electrons. The fourth-order valence-electron chi connectivity index (χ4n) is 1.87. The smallest absolute Gasteiger partial charge is 0.224 e. The number of nitrogens with zero attached hydrogens (tertiary/aromatic N) is 4. The van der Waals surface area contributed by atoms with Crippen LogP contribution in [-0.4, -0.2) is 28.5 Å². The maximum Gasteiger partial charge on any atom is 0.224 e. The lowest BCUT2D eigenvalue weighted by molar-refractivity contribution is 0.790. The molecule has 0 aromatic carbocycles. The second kappa shape index (κ2) is 6.13. The molecule has 0 amide bonds. The maximum atomic E-state index is 4.50. The average molecular weight is 257 g/mol. The Morgan fingerprint density at radius 3 is 2.74 bits per heavy atom. The first-order valence-corrected chi connectivity index (χ1v) is 6.41. The lowest BCUT2D eigenvalue weighted by Gasteiger charge is -2.22. The van der Waals surface area contributed by atoms with Crippen molar-refractivity contribution in [3.8, 4) is 0 Å². The highest BCUT2D eigenvalue weighted by molar-refractivity contribution is 5.44. The third-order valence-electron chi connectivity index (χ3n) is 2.85. The summed E-state index contributed by atoms with van der Waals surface area (Å²) in [4.78, 5) is 15.3. The largest absolute Gasteiger partial charge is 0.357 e. The standard InChI is InChI=1S/C14H19N5/c1-4-19(10-12-7-5-6-8-16-12)13-9-11(2)17-14(15-3)18-13/h5-9H,4,10H2,1-3H3,(H,15,17,18). The highest BCUT2D eigenvalue weighted by Gasteiger charge is 2.09. The molecule has 0 saturated heterocycles. The van der Waals surface area contributed by atoms with E-state index in [1.807, 2.05) is 44.4 Å². The molecule has 100 valence electrons. The van der Waals surface area contributed by atoms with Gasteiger partial charge in [-0.2, -0.15) is 4.98 Å². The Morgan fingerprint density at radius 1 is 1.26 bits per heavy atom. The normalized spacial score (nSPS) is 10.3. The van der Waals surface area contributed by atoms with E-state index in [2.05, 4.69) is 32.1 Å². The van der Waals surface area contributed by atoms with Crippen molar-refractivity contribution in [3.63, 3.8) is 0 Å². The summed E-state index contributed by atoms with van der Waals surface area (Å²) in [5, 5.41) is 2.99. The van der Waals surface area contributed by atoms with Crippen LogP contribution in [0.2, 0.25) is 0 Å². The van der Waals surface area contributed by atoms with Crippen LogP contribution >= 0.6 is 0 Å². The van der Waals surface area contributed by atoms with Crippen molar-refractivity contribution in [3.05, 3.63) is 41.9 Å². The van der Waals surface area contributed by atoms with E-state index < -0.39 is 0 Å². The minimum absolute atomic E-state index is 0.648. The van der Waals surface area contributed by atoms with E-state index >= 15 is 0 Å². The molecule has 0 aliphatic heterocycles. The molecule has 0 aliphatic carbocycles. The van der Waals surface area contributed by atoms with Crippen molar-refractivity contribution in [2.45, 2.75) is 20.4 Å². The lowest BCUT2D eigenvalue weighted by atomic mass is 10.3. The topological polar surface area (TPSA) is 53.9 Å². The molecule has 5 heteroatoms. The summed E-state index contributed by atoms with van der Waals surface area (Å²) >= 11 is 0.